The van der Waals surface area contributed by atoms with Gasteiger partial charge in [0.2, 0.25) is 0 Å². The Labute approximate surface area is 103 Å². The molecule has 0 bridgehead atoms. The standard InChI is InChI=1S/C14H21N3/c1-3-4-5-13-10-16-14(15)17(13)12-8-6-11(2)7-9-12/h6-9,13H,3-5,10H2,1-2H3,(H2,15,16). The van der Waals surface area contributed by atoms with Crippen molar-refractivity contribution in [3.8, 4) is 0 Å². The van der Waals surface area contributed by atoms with E-state index in [-0.39, 0.29) is 0 Å². The minimum atomic E-state index is 0.442. The van der Waals surface area contributed by atoms with Crippen LogP contribution in [-0.2, 0) is 0 Å². The van der Waals surface area contributed by atoms with Crippen LogP contribution in [0.1, 0.15) is 31.7 Å². The van der Waals surface area contributed by atoms with Crippen LogP contribution in [0, 0.1) is 6.92 Å². The number of aryl methyl sites for hydroxylation is 1. The highest BCUT2D eigenvalue weighted by Crippen LogP contribution is 2.23. The van der Waals surface area contributed by atoms with Crippen molar-refractivity contribution in [3.63, 3.8) is 0 Å². The number of rotatable bonds is 4. The topological polar surface area (TPSA) is 41.6 Å². The molecule has 0 radical (unpaired) electrons. The number of aliphatic imine (C=N–C) groups is 1. The van der Waals surface area contributed by atoms with Gasteiger partial charge in [-0.1, -0.05) is 37.5 Å². The third-order valence-electron chi connectivity index (χ3n) is 3.28. The third-order valence-corrected chi connectivity index (χ3v) is 3.28. The van der Waals surface area contributed by atoms with Crippen molar-refractivity contribution in [2.75, 3.05) is 11.4 Å². The molecule has 2 N–H and O–H groups in total. The van der Waals surface area contributed by atoms with E-state index in [0.717, 1.165) is 18.7 Å². The van der Waals surface area contributed by atoms with Gasteiger partial charge in [0.05, 0.1) is 12.6 Å². The second kappa shape index (κ2) is 5.21. The summed E-state index contributed by atoms with van der Waals surface area (Å²) in [5, 5.41) is 0. The number of nitrogens with zero attached hydrogens (tertiary/aromatic N) is 2. The van der Waals surface area contributed by atoms with E-state index in [4.69, 9.17) is 5.73 Å². The lowest BCUT2D eigenvalue weighted by atomic mass is 10.1. The molecule has 2 rings (SSSR count). The molecule has 92 valence electrons. The molecule has 1 aliphatic heterocycles. The molecular weight excluding hydrogens is 210 g/mol. The summed E-state index contributed by atoms with van der Waals surface area (Å²) in [4.78, 5) is 6.55. The molecule has 1 heterocycles. The highest BCUT2D eigenvalue weighted by molar-refractivity contribution is 5.97. The maximum absolute atomic E-state index is 5.99. The fourth-order valence-electron chi connectivity index (χ4n) is 2.25. The van der Waals surface area contributed by atoms with Gasteiger partial charge < -0.3 is 10.6 Å². The first-order valence-corrected chi connectivity index (χ1v) is 6.38. The van der Waals surface area contributed by atoms with Crippen molar-refractivity contribution in [1.82, 2.24) is 0 Å². The van der Waals surface area contributed by atoms with E-state index in [2.05, 4.69) is 48.0 Å². The van der Waals surface area contributed by atoms with Gasteiger partial charge in [-0.05, 0) is 25.5 Å². The van der Waals surface area contributed by atoms with E-state index < -0.39 is 0 Å². The highest BCUT2D eigenvalue weighted by atomic mass is 15.3. The lowest BCUT2D eigenvalue weighted by Crippen LogP contribution is -2.40. The Morgan fingerprint density at radius 1 is 1.35 bits per heavy atom. The number of nitrogens with two attached hydrogens (primary N) is 1. The predicted octanol–water partition coefficient (Wildman–Crippen LogP) is 2.69. The monoisotopic (exact) mass is 231 g/mol. The van der Waals surface area contributed by atoms with E-state index in [0.29, 0.717) is 12.0 Å². The van der Waals surface area contributed by atoms with Crippen LogP contribution in [0.15, 0.2) is 29.3 Å². The summed E-state index contributed by atoms with van der Waals surface area (Å²) in [6, 6.07) is 8.94. The van der Waals surface area contributed by atoms with Crippen molar-refractivity contribution >= 4 is 11.6 Å². The average Bonchev–Trinajstić information content (AvgIpc) is 2.69. The molecule has 0 spiro atoms. The third kappa shape index (κ3) is 2.60. The fourth-order valence-corrected chi connectivity index (χ4v) is 2.25. The molecule has 1 aromatic rings. The molecule has 0 amide bonds. The SMILES string of the molecule is CCCCC1CN=C(N)N1c1ccc(C)cc1. The first-order valence-electron chi connectivity index (χ1n) is 6.38. The Bertz CT molecular complexity index is 394. The molecule has 1 atom stereocenters. The summed E-state index contributed by atoms with van der Waals surface area (Å²) >= 11 is 0. The second-order valence-corrected chi connectivity index (χ2v) is 4.70. The van der Waals surface area contributed by atoms with E-state index in [1.54, 1.807) is 0 Å². The smallest absolute Gasteiger partial charge is 0.196 e. The Balaban J connectivity index is 2.15. The van der Waals surface area contributed by atoms with Crippen LogP contribution in [0.2, 0.25) is 0 Å². The molecule has 1 aliphatic rings. The van der Waals surface area contributed by atoms with E-state index in [1.807, 2.05) is 0 Å². The Morgan fingerprint density at radius 3 is 2.71 bits per heavy atom. The van der Waals surface area contributed by atoms with Gasteiger partial charge in [0, 0.05) is 5.69 Å². The van der Waals surface area contributed by atoms with Crippen molar-refractivity contribution in [1.29, 1.82) is 0 Å². The van der Waals surface area contributed by atoms with Crippen molar-refractivity contribution in [2.45, 2.75) is 39.2 Å². The van der Waals surface area contributed by atoms with E-state index >= 15 is 0 Å². The predicted molar refractivity (Wildman–Crippen MR) is 73.5 cm³/mol. The number of anilines is 1. The first kappa shape index (κ1) is 12.0. The zero-order chi connectivity index (χ0) is 12.3. The Hall–Kier alpha value is -1.51. The number of hydrogen-bond donors (Lipinski definition) is 1. The van der Waals surface area contributed by atoms with Gasteiger partial charge >= 0.3 is 0 Å². The van der Waals surface area contributed by atoms with Crippen LogP contribution in [0.4, 0.5) is 5.69 Å². The zero-order valence-electron chi connectivity index (χ0n) is 10.7. The first-order chi connectivity index (χ1) is 8.22. The van der Waals surface area contributed by atoms with Crippen LogP contribution >= 0.6 is 0 Å². The second-order valence-electron chi connectivity index (χ2n) is 4.70. The summed E-state index contributed by atoms with van der Waals surface area (Å²) in [5.74, 6) is 0.662. The van der Waals surface area contributed by atoms with Crippen molar-refractivity contribution in [3.05, 3.63) is 29.8 Å². The number of guanidine groups is 1. The van der Waals surface area contributed by atoms with Crippen LogP contribution in [0.25, 0.3) is 0 Å². The molecule has 3 heteroatoms. The van der Waals surface area contributed by atoms with Gasteiger partial charge in [0.25, 0.3) is 0 Å². The molecule has 17 heavy (non-hydrogen) atoms. The van der Waals surface area contributed by atoms with Crippen molar-refractivity contribution in [2.24, 2.45) is 10.7 Å². The molecule has 0 aliphatic carbocycles. The highest BCUT2D eigenvalue weighted by Gasteiger charge is 2.26. The van der Waals surface area contributed by atoms with Gasteiger partial charge in [-0.15, -0.1) is 0 Å². The maximum atomic E-state index is 5.99. The zero-order valence-corrected chi connectivity index (χ0v) is 10.7. The lowest BCUT2D eigenvalue weighted by molar-refractivity contribution is 0.600. The maximum Gasteiger partial charge on any atom is 0.196 e. The minimum absolute atomic E-state index is 0.442. The normalized spacial score (nSPS) is 19.5. The average molecular weight is 231 g/mol. The quantitative estimate of drug-likeness (QED) is 0.865. The molecule has 0 fully saturated rings. The number of benzene rings is 1. The lowest BCUT2D eigenvalue weighted by Gasteiger charge is -2.26. The van der Waals surface area contributed by atoms with Gasteiger partial charge in [0.1, 0.15) is 0 Å². The summed E-state index contributed by atoms with van der Waals surface area (Å²) in [5.41, 5.74) is 8.42. The summed E-state index contributed by atoms with van der Waals surface area (Å²) in [6.07, 6.45) is 3.61. The molecule has 1 unspecified atom stereocenters. The van der Waals surface area contributed by atoms with Crippen LogP contribution < -0.4 is 10.6 Å². The molecule has 0 saturated carbocycles. The number of hydrogen-bond acceptors (Lipinski definition) is 3. The van der Waals surface area contributed by atoms with Crippen LogP contribution in [-0.4, -0.2) is 18.5 Å². The van der Waals surface area contributed by atoms with Gasteiger partial charge in [-0.25, -0.2) is 0 Å². The summed E-state index contributed by atoms with van der Waals surface area (Å²) in [7, 11) is 0. The molecule has 3 nitrogen and oxygen atoms in total. The Morgan fingerprint density at radius 2 is 2.06 bits per heavy atom. The van der Waals surface area contributed by atoms with E-state index in [1.165, 1.54) is 18.4 Å². The van der Waals surface area contributed by atoms with Crippen molar-refractivity contribution < 1.29 is 0 Å². The number of unbranched alkanes of at least 4 members (excludes halogenated alkanes) is 1. The molecule has 0 aromatic heterocycles. The largest absolute Gasteiger partial charge is 0.370 e. The van der Waals surface area contributed by atoms with Crippen LogP contribution in [0.3, 0.4) is 0 Å². The summed E-state index contributed by atoms with van der Waals surface area (Å²) in [6.45, 7) is 5.15. The van der Waals surface area contributed by atoms with Crippen LogP contribution in [0.5, 0.6) is 0 Å². The molecule has 1 aromatic carbocycles. The van der Waals surface area contributed by atoms with Gasteiger partial charge in [0.15, 0.2) is 5.96 Å². The minimum Gasteiger partial charge on any atom is -0.370 e. The van der Waals surface area contributed by atoms with Gasteiger partial charge in [-0.2, -0.15) is 0 Å². The Kier molecular flexibility index (Phi) is 3.67. The summed E-state index contributed by atoms with van der Waals surface area (Å²) < 4.78 is 0. The van der Waals surface area contributed by atoms with E-state index in [9.17, 15) is 0 Å². The fraction of sp³-hybridized carbons (Fsp3) is 0.500. The molecule has 0 saturated heterocycles. The molecular formula is C14H21N3. The van der Waals surface area contributed by atoms with Gasteiger partial charge in [-0.3, -0.25) is 4.99 Å².